The largest absolute Gasteiger partial charge is 0.356 e. The maximum atomic E-state index is 11.8. The van der Waals surface area contributed by atoms with Crippen molar-refractivity contribution in [3.8, 4) is 0 Å². The highest BCUT2D eigenvalue weighted by Crippen LogP contribution is 2.12. The summed E-state index contributed by atoms with van der Waals surface area (Å²) in [6.45, 7) is 1.35. The van der Waals surface area contributed by atoms with Gasteiger partial charge in [0, 0.05) is 31.7 Å². The number of carbonyl (C=O) groups excluding carboxylic acids is 1. The second-order valence-corrected chi connectivity index (χ2v) is 4.59. The van der Waals surface area contributed by atoms with Crippen molar-refractivity contribution in [2.45, 2.75) is 25.4 Å². The van der Waals surface area contributed by atoms with Crippen LogP contribution in [0.15, 0.2) is 42.7 Å². The minimum atomic E-state index is -0.258. The van der Waals surface area contributed by atoms with Gasteiger partial charge in [0.05, 0.1) is 6.20 Å². The highest BCUT2D eigenvalue weighted by molar-refractivity contribution is 5.76. The van der Waals surface area contributed by atoms with Crippen molar-refractivity contribution < 1.29 is 4.79 Å². The highest BCUT2D eigenvalue weighted by Gasteiger charge is 2.10. The average Bonchev–Trinajstić information content (AvgIpc) is 2.98. The second kappa shape index (κ2) is 7.40. The first-order chi connectivity index (χ1) is 9.75. The van der Waals surface area contributed by atoms with Gasteiger partial charge in [-0.3, -0.25) is 9.48 Å². The summed E-state index contributed by atoms with van der Waals surface area (Å²) in [7, 11) is 0. The van der Waals surface area contributed by atoms with Crippen molar-refractivity contribution in [2.24, 2.45) is 5.73 Å². The van der Waals surface area contributed by atoms with Crippen molar-refractivity contribution in [3.05, 3.63) is 48.3 Å². The zero-order chi connectivity index (χ0) is 14.2. The van der Waals surface area contributed by atoms with Gasteiger partial charge in [0.15, 0.2) is 0 Å². The summed E-state index contributed by atoms with van der Waals surface area (Å²) in [4.78, 5) is 11.8. The van der Waals surface area contributed by atoms with Crippen LogP contribution in [0.1, 0.15) is 24.4 Å². The molecule has 2 rings (SSSR count). The Bertz CT molecular complexity index is 512. The standard InChI is InChI=1S/C14H19N5O/c15-13(12-5-2-1-3-6-12)11-14(20)16-7-4-9-19-10-8-17-18-19/h1-3,5-6,8,10,13H,4,7,9,11,15H2,(H,16,20). The molecule has 0 radical (unpaired) electrons. The van der Waals surface area contributed by atoms with E-state index < -0.39 is 0 Å². The molecule has 0 spiro atoms. The van der Waals surface area contributed by atoms with Crippen LogP contribution < -0.4 is 11.1 Å². The van der Waals surface area contributed by atoms with E-state index >= 15 is 0 Å². The molecule has 0 aliphatic heterocycles. The van der Waals surface area contributed by atoms with E-state index in [9.17, 15) is 4.79 Å². The SMILES string of the molecule is NC(CC(=O)NCCCn1ccnn1)c1ccccc1. The first kappa shape index (κ1) is 14.2. The molecule has 1 aromatic carbocycles. The van der Waals surface area contributed by atoms with E-state index in [1.165, 1.54) is 0 Å². The first-order valence-corrected chi connectivity index (χ1v) is 6.67. The fraction of sp³-hybridized carbons (Fsp3) is 0.357. The molecule has 2 aromatic rings. The van der Waals surface area contributed by atoms with Gasteiger partial charge in [-0.15, -0.1) is 5.10 Å². The lowest BCUT2D eigenvalue weighted by Gasteiger charge is -2.12. The van der Waals surface area contributed by atoms with Gasteiger partial charge in [-0.1, -0.05) is 35.5 Å². The van der Waals surface area contributed by atoms with E-state index in [1.807, 2.05) is 30.3 Å². The number of aromatic nitrogens is 3. The third-order valence-electron chi connectivity index (χ3n) is 2.99. The van der Waals surface area contributed by atoms with Gasteiger partial charge in [0.2, 0.25) is 5.91 Å². The Morgan fingerprint density at radius 3 is 2.85 bits per heavy atom. The number of benzene rings is 1. The van der Waals surface area contributed by atoms with Crippen LogP contribution in [0.5, 0.6) is 0 Å². The third kappa shape index (κ3) is 4.47. The van der Waals surface area contributed by atoms with Crippen LogP contribution in [0.4, 0.5) is 0 Å². The van der Waals surface area contributed by atoms with Gasteiger partial charge in [-0.2, -0.15) is 0 Å². The predicted octanol–water partition coefficient (Wildman–Crippen LogP) is 0.874. The molecule has 106 valence electrons. The number of amides is 1. The van der Waals surface area contributed by atoms with Crippen LogP contribution in [0, 0.1) is 0 Å². The number of hydrogen-bond acceptors (Lipinski definition) is 4. The fourth-order valence-electron chi connectivity index (χ4n) is 1.91. The molecule has 0 fully saturated rings. The molecular formula is C14H19N5O. The second-order valence-electron chi connectivity index (χ2n) is 4.59. The summed E-state index contributed by atoms with van der Waals surface area (Å²) < 4.78 is 1.74. The molecule has 0 aliphatic rings. The smallest absolute Gasteiger partial charge is 0.221 e. The molecule has 1 aromatic heterocycles. The maximum absolute atomic E-state index is 11.8. The number of rotatable bonds is 7. The quantitative estimate of drug-likeness (QED) is 0.733. The van der Waals surface area contributed by atoms with Crippen LogP contribution in [-0.4, -0.2) is 27.4 Å². The Hall–Kier alpha value is -2.21. The van der Waals surface area contributed by atoms with Gasteiger partial charge < -0.3 is 11.1 Å². The molecule has 6 nitrogen and oxygen atoms in total. The molecule has 0 aliphatic carbocycles. The number of nitrogens with one attached hydrogen (secondary N) is 1. The molecule has 1 heterocycles. The Morgan fingerprint density at radius 2 is 2.15 bits per heavy atom. The van der Waals surface area contributed by atoms with Gasteiger partial charge in [-0.05, 0) is 12.0 Å². The van der Waals surface area contributed by atoms with Crippen LogP contribution in [0.3, 0.4) is 0 Å². The summed E-state index contributed by atoms with van der Waals surface area (Å²) in [5, 5.41) is 10.4. The minimum Gasteiger partial charge on any atom is -0.356 e. The van der Waals surface area contributed by atoms with E-state index in [0.29, 0.717) is 13.0 Å². The lowest BCUT2D eigenvalue weighted by molar-refractivity contribution is -0.121. The summed E-state index contributed by atoms with van der Waals surface area (Å²) in [5.74, 6) is -0.0278. The summed E-state index contributed by atoms with van der Waals surface area (Å²) >= 11 is 0. The van der Waals surface area contributed by atoms with Crippen molar-refractivity contribution in [1.82, 2.24) is 20.3 Å². The van der Waals surface area contributed by atoms with Crippen LogP contribution in [-0.2, 0) is 11.3 Å². The van der Waals surface area contributed by atoms with Crippen molar-refractivity contribution in [1.29, 1.82) is 0 Å². The molecule has 0 saturated carbocycles. The summed E-state index contributed by atoms with van der Waals surface area (Å²) in [6.07, 6.45) is 4.55. The first-order valence-electron chi connectivity index (χ1n) is 6.67. The zero-order valence-electron chi connectivity index (χ0n) is 11.3. The average molecular weight is 273 g/mol. The number of hydrogen-bond donors (Lipinski definition) is 2. The predicted molar refractivity (Wildman–Crippen MR) is 75.6 cm³/mol. The molecule has 0 saturated heterocycles. The van der Waals surface area contributed by atoms with Gasteiger partial charge in [0.1, 0.15) is 0 Å². The lowest BCUT2D eigenvalue weighted by Crippen LogP contribution is -2.28. The van der Waals surface area contributed by atoms with Gasteiger partial charge in [0.25, 0.3) is 0 Å². The molecule has 0 bridgehead atoms. The molecule has 6 heteroatoms. The monoisotopic (exact) mass is 273 g/mol. The Balaban J connectivity index is 1.65. The molecule has 20 heavy (non-hydrogen) atoms. The van der Waals surface area contributed by atoms with E-state index in [0.717, 1.165) is 18.5 Å². The fourth-order valence-corrected chi connectivity index (χ4v) is 1.91. The van der Waals surface area contributed by atoms with Gasteiger partial charge in [-0.25, -0.2) is 0 Å². The number of nitrogens with two attached hydrogens (primary N) is 1. The molecule has 1 unspecified atom stereocenters. The Morgan fingerprint density at radius 1 is 1.35 bits per heavy atom. The van der Waals surface area contributed by atoms with E-state index in [2.05, 4.69) is 15.6 Å². The minimum absolute atomic E-state index is 0.0278. The third-order valence-corrected chi connectivity index (χ3v) is 2.99. The van der Waals surface area contributed by atoms with Crippen molar-refractivity contribution in [3.63, 3.8) is 0 Å². The van der Waals surface area contributed by atoms with E-state index in [1.54, 1.807) is 17.1 Å². The zero-order valence-corrected chi connectivity index (χ0v) is 11.3. The topological polar surface area (TPSA) is 85.8 Å². The summed E-state index contributed by atoms with van der Waals surface area (Å²) in [6, 6.07) is 9.38. The maximum Gasteiger partial charge on any atom is 0.221 e. The molecule has 3 N–H and O–H groups in total. The van der Waals surface area contributed by atoms with Crippen LogP contribution >= 0.6 is 0 Å². The Labute approximate surface area is 118 Å². The number of aryl methyl sites for hydroxylation is 1. The normalized spacial score (nSPS) is 12.1. The van der Waals surface area contributed by atoms with E-state index in [4.69, 9.17) is 5.73 Å². The van der Waals surface area contributed by atoms with E-state index in [-0.39, 0.29) is 11.9 Å². The lowest BCUT2D eigenvalue weighted by atomic mass is 10.0. The molecule has 1 atom stereocenters. The van der Waals surface area contributed by atoms with Crippen molar-refractivity contribution in [2.75, 3.05) is 6.54 Å². The van der Waals surface area contributed by atoms with Crippen LogP contribution in [0.2, 0.25) is 0 Å². The number of carbonyl (C=O) groups is 1. The van der Waals surface area contributed by atoms with Gasteiger partial charge >= 0.3 is 0 Å². The number of nitrogens with zero attached hydrogens (tertiary/aromatic N) is 3. The highest BCUT2D eigenvalue weighted by atomic mass is 16.1. The summed E-state index contributed by atoms with van der Waals surface area (Å²) in [5.41, 5.74) is 6.97. The molecular weight excluding hydrogens is 254 g/mol. The van der Waals surface area contributed by atoms with Crippen LogP contribution in [0.25, 0.3) is 0 Å². The van der Waals surface area contributed by atoms with Crippen molar-refractivity contribution >= 4 is 5.91 Å². The Kier molecular flexibility index (Phi) is 5.25. The molecule has 1 amide bonds.